The van der Waals surface area contributed by atoms with E-state index >= 15 is 0 Å². The summed E-state index contributed by atoms with van der Waals surface area (Å²) in [6, 6.07) is 3.05. The number of benzene rings is 1. The van der Waals surface area contributed by atoms with Gasteiger partial charge in [-0.05, 0) is 18.6 Å². The molecule has 1 heterocycles. The fourth-order valence-corrected chi connectivity index (χ4v) is 1.85. The zero-order valence-electron chi connectivity index (χ0n) is 9.54. The molecule has 7 nitrogen and oxygen atoms in total. The highest BCUT2D eigenvalue weighted by Crippen LogP contribution is 2.45. The Balaban J connectivity index is 2.53. The molecule has 0 bridgehead atoms. The summed E-state index contributed by atoms with van der Waals surface area (Å²) in [6.45, 7) is 2.99. The van der Waals surface area contributed by atoms with Crippen LogP contribution in [-0.4, -0.2) is 18.2 Å². The molecule has 2 rings (SSSR count). The van der Waals surface area contributed by atoms with Gasteiger partial charge in [0.1, 0.15) is 6.10 Å². The number of ether oxygens (including phenoxy) is 3. The van der Waals surface area contributed by atoms with Crippen LogP contribution in [0, 0.1) is 10.1 Å². The third-order valence-electron chi connectivity index (χ3n) is 2.63. The van der Waals surface area contributed by atoms with Gasteiger partial charge in [-0.1, -0.05) is 6.92 Å². The fourth-order valence-electron chi connectivity index (χ4n) is 1.85. The Morgan fingerprint density at radius 3 is 2.94 bits per heavy atom. The number of nitro benzene ring substituents is 1. The molecule has 7 heteroatoms. The van der Waals surface area contributed by atoms with Crippen LogP contribution in [0.15, 0.2) is 12.1 Å². The molecule has 95 valence electrons. The molecule has 0 N–H and O–H groups in total. The first-order chi connectivity index (χ1) is 8.69. The van der Waals surface area contributed by atoms with Crippen molar-refractivity contribution in [2.75, 3.05) is 6.79 Å². The summed E-state index contributed by atoms with van der Waals surface area (Å²) in [6.07, 6.45) is -0.326. The monoisotopic (exact) mass is 252 g/mol. The molecule has 0 fully saturated rings. The van der Waals surface area contributed by atoms with E-state index in [0.717, 1.165) is 0 Å². The topological polar surface area (TPSA) is 87.9 Å². The lowest BCUT2D eigenvalue weighted by Crippen LogP contribution is -2.06. The average molecular weight is 252 g/mol. The number of hydrogen-bond donors (Lipinski definition) is 0. The standard InChI is InChI=1S/C11H10NO6/c1-2-8(16-5-13)7-3-4-9-11(18-6-17-9)10(7)12(14)15/h3-4,8H,2,6H2,1H3. The van der Waals surface area contributed by atoms with Gasteiger partial charge >= 0.3 is 12.2 Å². The van der Waals surface area contributed by atoms with Crippen molar-refractivity contribution < 1.29 is 23.9 Å². The summed E-state index contributed by atoms with van der Waals surface area (Å²) in [7, 11) is 0. The second-order valence-corrected chi connectivity index (χ2v) is 3.59. The number of carbonyl (C=O) groups excluding carboxylic acids is 1. The van der Waals surface area contributed by atoms with Gasteiger partial charge in [-0.25, -0.2) is 4.79 Å². The molecule has 0 aromatic heterocycles. The van der Waals surface area contributed by atoms with Crippen LogP contribution in [0.25, 0.3) is 0 Å². The Morgan fingerprint density at radius 1 is 1.56 bits per heavy atom. The van der Waals surface area contributed by atoms with Crippen LogP contribution in [-0.2, 0) is 9.53 Å². The Morgan fingerprint density at radius 2 is 2.33 bits per heavy atom. The molecule has 1 unspecified atom stereocenters. The average Bonchev–Trinajstić information content (AvgIpc) is 2.82. The minimum Gasteiger partial charge on any atom is -0.453 e. The predicted octanol–water partition coefficient (Wildman–Crippen LogP) is 1.86. The number of fused-ring (bicyclic) bond motifs is 1. The van der Waals surface area contributed by atoms with Gasteiger partial charge in [0.25, 0.3) is 0 Å². The maximum Gasteiger partial charge on any atom is 0.418 e. The van der Waals surface area contributed by atoms with Gasteiger partial charge in [-0.15, -0.1) is 0 Å². The second kappa shape index (κ2) is 4.91. The van der Waals surface area contributed by atoms with E-state index in [1.54, 1.807) is 13.0 Å². The van der Waals surface area contributed by atoms with Crippen molar-refractivity contribution >= 4 is 12.2 Å². The maximum absolute atomic E-state index is 11.1. The Bertz CT molecular complexity index is 487. The van der Waals surface area contributed by atoms with Crippen molar-refractivity contribution in [3.63, 3.8) is 0 Å². The van der Waals surface area contributed by atoms with Gasteiger partial charge < -0.3 is 14.2 Å². The van der Waals surface area contributed by atoms with E-state index in [9.17, 15) is 14.9 Å². The van der Waals surface area contributed by atoms with Crippen molar-refractivity contribution in [3.05, 3.63) is 27.8 Å². The molecule has 0 aliphatic carbocycles. The molecule has 18 heavy (non-hydrogen) atoms. The minimum atomic E-state index is -0.725. The summed E-state index contributed by atoms with van der Waals surface area (Å²) in [4.78, 5) is 20.8. The Labute approximate surface area is 102 Å². The van der Waals surface area contributed by atoms with Crippen LogP contribution in [0.3, 0.4) is 0 Å². The van der Waals surface area contributed by atoms with Gasteiger partial charge in [-0.3, -0.25) is 10.1 Å². The van der Waals surface area contributed by atoms with Gasteiger partial charge in [0.05, 0.1) is 10.5 Å². The van der Waals surface area contributed by atoms with Crippen LogP contribution in [0.1, 0.15) is 25.0 Å². The molecule has 0 amide bonds. The molecule has 1 aliphatic heterocycles. The first kappa shape index (κ1) is 12.2. The summed E-state index contributed by atoms with van der Waals surface area (Å²) in [5.41, 5.74) is 0.0437. The van der Waals surface area contributed by atoms with Gasteiger partial charge in [0, 0.05) is 0 Å². The fraction of sp³-hybridized carbons (Fsp3) is 0.364. The first-order valence-electron chi connectivity index (χ1n) is 5.28. The van der Waals surface area contributed by atoms with Crippen molar-refractivity contribution in [1.82, 2.24) is 0 Å². The van der Waals surface area contributed by atoms with Crippen LogP contribution in [0.5, 0.6) is 11.5 Å². The normalized spacial score (nSPS) is 14.1. The molecular weight excluding hydrogens is 242 g/mol. The van der Waals surface area contributed by atoms with Crippen molar-refractivity contribution in [2.24, 2.45) is 0 Å². The number of hydrogen-bond acceptors (Lipinski definition) is 6. The van der Waals surface area contributed by atoms with E-state index in [1.807, 2.05) is 0 Å². The quantitative estimate of drug-likeness (QED) is 0.587. The highest BCUT2D eigenvalue weighted by molar-refractivity contribution is 5.62. The van der Waals surface area contributed by atoms with Crippen LogP contribution >= 0.6 is 0 Å². The second-order valence-electron chi connectivity index (χ2n) is 3.59. The number of nitrogens with zero attached hydrogens (tertiary/aromatic N) is 1. The minimum absolute atomic E-state index is 0.0585. The summed E-state index contributed by atoms with van der Waals surface area (Å²) >= 11 is 0. The first-order valence-corrected chi connectivity index (χ1v) is 5.28. The zero-order valence-corrected chi connectivity index (χ0v) is 9.54. The van der Waals surface area contributed by atoms with Crippen molar-refractivity contribution in [3.8, 4) is 11.5 Å². The van der Waals surface area contributed by atoms with Crippen molar-refractivity contribution in [2.45, 2.75) is 19.4 Å². The van der Waals surface area contributed by atoms with Crippen LogP contribution < -0.4 is 9.47 Å². The lowest BCUT2D eigenvalue weighted by Gasteiger charge is -2.13. The molecule has 1 aromatic carbocycles. The summed E-state index contributed by atoms with van der Waals surface area (Å²) < 4.78 is 14.9. The summed E-state index contributed by atoms with van der Waals surface area (Å²) in [5.74, 6) is 0.390. The molecule has 0 saturated carbocycles. The lowest BCUT2D eigenvalue weighted by molar-refractivity contribution is -0.386. The third-order valence-corrected chi connectivity index (χ3v) is 2.63. The van der Waals surface area contributed by atoms with Gasteiger partial charge in [0.2, 0.25) is 12.5 Å². The molecule has 1 radical (unpaired) electrons. The molecule has 1 aliphatic rings. The SMILES string of the molecule is CCC(O[C]=O)c1ccc2c(c1[N+](=O)[O-])OCO2. The Kier molecular flexibility index (Phi) is 3.31. The van der Waals surface area contributed by atoms with E-state index in [-0.39, 0.29) is 23.8 Å². The maximum atomic E-state index is 11.1. The van der Waals surface area contributed by atoms with Gasteiger partial charge in [-0.2, -0.15) is 0 Å². The van der Waals surface area contributed by atoms with E-state index in [2.05, 4.69) is 0 Å². The van der Waals surface area contributed by atoms with E-state index in [1.165, 1.54) is 12.5 Å². The zero-order chi connectivity index (χ0) is 13.1. The van der Waals surface area contributed by atoms with Crippen LogP contribution in [0.2, 0.25) is 0 Å². The van der Waals surface area contributed by atoms with E-state index in [0.29, 0.717) is 12.2 Å². The Hall–Kier alpha value is -2.31. The predicted molar refractivity (Wildman–Crippen MR) is 59.0 cm³/mol. The smallest absolute Gasteiger partial charge is 0.418 e. The number of rotatable bonds is 5. The molecule has 1 aromatic rings. The summed E-state index contributed by atoms with van der Waals surface area (Å²) in [5, 5.41) is 11.1. The van der Waals surface area contributed by atoms with E-state index in [4.69, 9.17) is 14.2 Å². The van der Waals surface area contributed by atoms with E-state index < -0.39 is 11.0 Å². The van der Waals surface area contributed by atoms with Gasteiger partial charge in [0.15, 0.2) is 5.75 Å². The van der Waals surface area contributed by atoms with Crippen LogP contribution in [0.4, 0.5) is 5.69 Å². The highest BCUT2D eigenvalue weighted by Gasteiger charge is 2.32. The third kappa shape index (κ3) is 1.94. The molecule has 0 saturated heterocycles. The van der Waals surface area contributed by atoms with Crippen molar-refractivity contribution in [1.29, 1.82) is 0 Å². The highest BCUT2D eigenvalue weighted by atomic mass is 16.7. The lowest BCUT2D eigenvalue weighted by atomic mass is 10.0. The molecule has 1 atom stereocenters. The number of nitro groups is 1. The molecular formula is C11H10NO6. The largest absolute Gasteiger partial charge is 0.453 e. The molecule has 0 spiro atoms.